The molecule has 0 aliphatic carbocycles. The van der Waals surface area contributed by atoms with Crippen molar-refractivity contribution in [3.05, 3.63) is 158 Å². The van der Waals surface area contributed by atoms with Gasteiger partial charge in [0.2, 0.25) is 0 Å². The van der Waals surface area contributed by atoms with E-state index in [0.717, 1.165) is 45.0 Å². The summed E-state index contributed by atoms with van der Waals surface area (Å²) < 4.78 is 0. The van der Waals surface area contributed by atoms with Gasteiger partial charge >= 0.3 is 0 Å². The minimum atomic E-state index is 0.729. The first kappa shape index (κ1) is 23.3. The first-order chi connectivity index (χ1) is 18.8. The van der Waals surface area contributed by atoms with E-state index in [1.54, 1.807) is 0 Å². The lowest BCUT2D eigenvalue weighted by Crippen LogP contribution is -2.13. The predicted octanol–water partition coefficient (Wildman–Crippen LogP) is 9.74. The first-order valence-electron chi connectivity index (χ1n) is 12.8. The topological polar surface area (TPSA) is 29.3 Å². The van der Waals surface area contributed by atoms with Gasteiger partial charge in [0, 0.05) is 28.2 Å². The lowest BCUT2D eigenvalue weighted by Gasteiger charge is -2.31. The number of anilines is 4. The van der Waals surface area contributed by atoms with Crippen LogP contribution in [-0.2, 0) is 0 Å². The third kappa shape index (κ3) is 4.68. The number of nitrogens with two attached hydrogens (primary N) is 1. The third-order valence-electron chi connectivity index (χ3n) is 6.75. The summed E-state index contributed by atoms with van der Waals surface area (Å²) in [5.74, 6) is 0. The molecule has 6 rings (SSSR count). The molecular formula is C36H28N2. The zero-order valence-corrected chi connectivity index (χ0v) is 21.0. The molecular weight excluding hydrogens is 460 g/mol. The van der Waals surface area contributed by atoms with E-state index in [-0.39, 0.29) is 0 Å². The van der Waals surface area contributed by atoms with Gasteiger partial charge in [0.15, 0.2) is 0 Å². The van der Waals surface area contributed by atoms with Crippen molar-refractivity contribution in [2.24, 2.45) is 0 Å². The molecule has 0 saturated carbocycles. The molecule has 0 radical (unpaired) electrons. The zero-order valence-electron chi connectivity index (χ0n) is 21.0. The first-order valence-corrected chi connectivity index (χ1v) is 12.8. The Kier molecular flexibility index (Phi) is 6.44. The molecule has 0 atom stereocenters. The molecule has 0 heterocycles. The van der Waals surface area contributed by atoms with Gasteiger partial charge in [-0.3, -0.25) is 0 Å². The molecule has 0 bridgehead atoms. The van der Waals surface area contributed by atoms with Crippen LogP contribution in [0.4, 0.5) is 22.7 Å². The Morgan fingerprint density at radius 2 is 0.816 bits per heavy atom. The van der Waals surface area contributed by atoms with Crippen LogP contribution in [-0.4, -0.2) is 0 Å². The van der Waals surface area contributed by atoms with Gasteiger partial charge in [-0.1, -0.05) is 115 Å². The molecule has 38 heavy (non-hydrogen) atoms. The van der Waals surface area contributed by atoms with E-state index in [2.05, 4.69) is 144 Å². The second-order valence-electron chi connectivity index (χ2n) is 9.28. The molecule has 0 unspecified atom stereocenters. The quantitative estimate of drug-likeness (QED) is 0.236. The molecule has 0 aromatic heterocycles. The summed E-state index contributed by atoms with van der Waals surface area (Å²) in [4.78, 5) is 2.33. The van der Waals surface area contributed by atoms with E-state index in [1.807, 2.05) is 18.2 Å². The maximum absolute atomic E-state index is 6.32. The number of hydrogen-bond acceptors (Lipinski definition) is 2. The number of hydrogen-bond donors (Lipinski definition) is 1. The third-order valence-corrected chi connectivity index (χ3v) is 6.75. The maximum atomic E-state index is 6.32. The van der Waals surface area contributed by atoms with Gasteiger partial charge in [0.25, 0.3) is 0 Å². The molecule has 2 nitrogen and oxygen atoms in total. The molecule has 0 fully saturated rings. The standard InChI is InChI=1S/C36H28N2/c37-31-20-13-23-33(26-31)38(32-21-11-4-12-22-32)36-34(28-16-7-2-8-17-28)24-30(27-14-5-1-6-15-27)25-35(36)29-18-9-3-10-19-29/h1-26H,37H2. The lowest BCUT2D eigenvalue weighted by atomic mass is 9.90. The highest BCUT2D eigenvalue weighted by molar-refractivity contribution is 6.00. The highest BCUT2D eigenvalue weighted by Crippen LogP contribution is 2.48. The number of nitrogens with zero attached hydrogens (tertiary/aromatic N) is 1. The Labute approximate surface area is 224 Å². The van der Waals surface area contributed by atoms with Gasteiger partial charge in [0.1, 0.15) is 0 Å². The number of benzene rings is 6. The Bertz CT molecular complexity index is 1580. The van der Waals surface area contributed by atoms with Crippen LogP contribution in [0.5, 0.6) is 0 Å². The lowest BCUT2D eigenvalue weighted by molar-refractivity contribution is 1.28. The summed E-state index contributed by atoms with van der Waals surface area (Å²) in [6, 6.07) is 55.1. The average molecular weight is 489 g/mol. The van der Waals surface area contributed by atoms with Crippen molar-refractivity contribution in [1.82, 2.24) is 0 Å². The molecule has 0 aliphatic rings. The summed E-state index contributed by atoms with van der Waals surface area (Å²) >= 11 is 0. The summed E-state index contributed by atoms with van der Waals surface area (Å²) in [6.45, 7) is 0. The van der Waals surface area contributed by atoms with E-state index in [0.29, 0.717) is 0 Å². The molecule has 0 aliphatic heterocycles. The smallest absolute Gasteiger partial charge is 0.0618 e. The minimum Gasteiger partial charge on any atom is -0.399 e. The SMILES string of the molecule is Nc1cccc(N(c2ccccc2)c2c(-c3ccccc3)cc(-c3ccccc3)cc2-c2ccccc2)c1. The molecule has 0 spiro atoms. The van der Waals surface area contributed by atoms with E-state index in [4.69, 9.17) is 5.73 Å². The van der Waals surface area contributed by atoms with Crippen LogP contribution in [0.2, 0.25) is 0 Å². The molecule has 182 valence electrons. The zero-order chi connectivity index (χ0) is 25.7. The van der Waals surface area contributed by atoms with Crippen LogP contribution < -0.4 is 10.6 Å². The highest BCUT2D eigenvalue weighted by atomic mass is 15.1. The van der Waals surface area contributed by atoms with Crippen LogP contribution in [0.25, 0.3) is 33.4 Å². The number of nitrogen functional groups attached to an aromatic ring is 1. The monoisotopic (exact) mass is 488 g/mol. The average Bonchev–Trinajstić information content (AvgIpc) is 2.99. The van der Waals surface area contributed by atoms with Crippen molar-refractivity contribution in [1.29, 1.82) is 0 Å². The van der Waals surface area contributed by atoms with Crippen molar-refractivity contribution in [3.8, 4) is 33.4 Å². The van der Waals surface area contributed by atoms with Crippen molar-refractivity contribution in [3.63, 3.8) is 0 Å². The normalized spacial score (nSPS) is 10.7. The maximum Gasteiger partial charge on any atom is 0.0618 e. The van der Waals surface area contributed by atoms with Gasteiger partial charge in [0.05, 0.1) is 5.69 Å². The Morgan fingerprint density at radius 3 is 1.32 bits per heavy atom. The fraction of sp³-hybridized carbons (Fsp3) is 0. The molecule has 2 N–H and O–H groups in total. The van der Waals surface area contributed by atoms with Crippen molar-refractivity contribution >= 4 is 22.7 Å². The van der Waals surface area contributed by atoms with Crippen LogP contribution in [0, 0.1) is 0 Å². The molecule has 6 aromatic carbocycles. The van der Waals surface area contributed by atoms with Crippen LogP contribution in [0.15, 0.2) is 158 Å². The summed E-state index contributed by atoms with van der Waals surface area (Å²) in [5.41, 5.74) is 17.2. The Hall–Kier alpha value is -5.08. The predicted molar refractivity (Wildman–Crippen MR) is 162 cm³/mol. The minimum absolute atomic E-state index is 0.729. The van der Waals surface area contributed by atoms with Gasteiger partial charge < -0.3 is 10.6 Å². The van der Waals surface area contributed by atoms with Crippen LogP contribution in [0.1, 0.15) is 0 Å². The second-order valence-corrected chi connectivity index (χ2v) is 9.28. The van der Waals surface area contributed by atoms with E-state index in [9.17, 15) is 0 Å². The fourth-order valence-corrected chi connectivity index (χ4v) is 5.00. The van der Waals surface area contributed by atoms with E-state index >= 15 is 0 Å². The summed E-state index contributed by atoms with van der Waals surface area (Å²) in [6.07, 6.45) is 0. The molecule has 0 amide bonds. The van der Waals surface area contributed by atoms with Crippen molar-refractivity contribution in [2.45, 2.75) is 0 Å². The van der Waals surface area contributed by atoms with Crippen molar-refractivity contribution in [2.75, 3.05) is 10.6 Å². The molecule has 6 aromatic rings. The molecule has 2 heteroatoms. The van der Waals surface area contributed by atoms with Crippen LogP contribution >= 0.6 is 0 Å². The van der Waals surface area contributed by atoms with Gasteiger partial charge in [-0.05, 0) is 64.7 Å². The van der Waals surface area contributed by atoms with Crippen molar-refractivity contribution < 1.29 is 0 Å². The highest BCUT2D eigenvalue weighted by Gasteiger charge is 2.23. The Balaban J connectivity index is 1.74. The molecule has 0 saturated heterocycles. The van der Waals surface area contributed by atoms with Gasteiger partial charge in [-0.2, -0.15) is 0 Å². The van der Waals surface area contributed by atoms with Gasteiger partial charge in [-0.25, -0.2) is 0 Å². The largest absolute Gasteiger partial charge is 0.399 e. The second kappa shape index (κ2) is 10.5. The summed E-state index contributed by atoms with van der Waals surface area (Å²) in [7, 11) is 0. The summed E-state index contributed by atoms with van der Waals surface area (Å²) in [5, 5.41) is 0. The fourth-order valence-electron chi connectivity index (χ4n) is 5.00. The number of rotatable bonds is 6. The van der Waals surface area contributed by atoms with Gasteiger partial charge in [-0.15, -0.1) is 0 Å². The van der Waals surface area contributed by atoms with E-state index < -0.39 is 0 Å². The van der Waals surface area contributed by atoms with E-state index in [1.165, 1.54) is 11.1 Å². The Morgan fingerprint density at radius 1 is 0.368 bits per heavy atom. The number of para-hydroxylation sites is 1. The van der Waals surface area contributed by atoms with Crippen LogP contribution in [0.3, 0.4) is 0 Å².